The highest BCUT2D eigenvalue weighted by Crippen LogP contribution is 2.44. The van der Waals surface area contributed by atoms with Crippen LogP contribution in [0.5, 0.6) is 0 Å². The summed E-state index contributed by atoms with van der Waals surface area (Å²) in [7, 11) is 0. The maximum absolute atomic E-state index is 4.77. The Morgan fingerprint density at radius 2 is 1.86 bits per heavy atom. The molecule has 2 aromatic heterocycles. The van der Waals surface area contributed by atoms with Gasteiger partial charge in [0, 0.05) is 28.9 Å². The van der Waals surface area contributed by atoms with E-state index in [1.54, 1.807) is 0 Å². The number of pyridine rings is 1. The highest BCUT2D eigenvalue weighted by molar-refractivity contribution is 8.00. The summed E-state index contributed by atoms with van der Waals surface area (Å²) < 4.78 is 2.20. The smallest absolute Gasteiger partial charge is 0.191 e. The Morgan fingerprint density at radius 1 is 1.07 bits per heavy atom. The van der Waals surface area contributed by atoms with Crippen LogP contribution in [0.2, 0.25) is 0 Å². The summed E-state index contributed by atoms with van der Waals surface area (Å²) in [6.45, 7) is 4.30. The molecule has 152 valence electrons. The van der Waals surface area contributed by atoms with Crippen molar-refractivity contribution < 1.29 is 0 Å². The number of nitrogens with one attached hydrogen (secondary N) is 2. The first-order valence-electron chi connectivity index (χ1n) is 10.3. The minimum absolute atomic E-state index is 0.221. The molecule has 0 bridgehead atoms. The molecular formula is C22H28N6S. The Hall–Kier alpha value is -2.54. The first-order chi connectivity index (χ1) is 14.3. The van der Waals surface area contributed by atoms with E-state index in [0.717, 1.165) is 30.5 Å². The Balaban J connectivity index is 1.44. The van der Waals surface area contributed by atoms with Crippen molar-refractivity contribution in [3.63, 3.8) is 0 Å². The Labute approximate surface area is 176 Å². The van der Waals surface area contributed by atoms with Crippen LogP contribution >= 0.6 is 11.8 Å². The number of aromatic nitrogens is 3. The molecule has 1 aliphatic carbocycles. The van der Waals surface area contributed by atoms with Crippen LogP contribution in [0.15, 0.2) is 64.6 Å². The highest BCUT2D eigenvalue weighted by atomic mass is 32.2. The van der Waals surface area contributed by atoms with Crippen LogP contribution in [-0.4, -0.2) is 38.4 Å². The van der Waals surface area contributed by atoms with E-state index in [1.165, 1.54) is 30.6 Å². The molecule has 7 heteroatoms. The zero-order valence-electron chi connectivity index (χ0n) is 16.8. The third-order valence-corrected chi connectivity index (χ3v) is 6.77. The van der Waals surface area contributed by atoms with Crippen LogP contribution in [0, 0.1) is 0 Å². The quantitative estimate of drug-likeness (QED) is 0.459. The van der Waals surface area contributed by atoms with Gasteiger partial charge in [-0.05, 0) is 44.0 Å². The van der Waals surface area contributed by atoms with Crippen molar-refractivity contribution in [3.8, 4) is 0 Å². The van der Waals surface area contributed by atoms with Crippen molar-refractivity contribution >= 4 is 23.4 Å². The molecule has 2 heterocycles. The van der Waals surface area contributed by atoms with E-state index in [4.69, 9.17) is 4.99 Å². The molecule has 3 aromatic rings. The molecule has 0 amide bonds. The molecule has 0 saturated heterocycles. The van der Waals surface area contributed by atoms with Gasteiger partial charge >= 0.3 is 0 Å². The SMILES string of the molecule is CCNC(=NCc1nnc2ccccn12)NCC1(Sc2ccccc2)CCCC1. The number of benzene rings is 1. The number of fused-ring (bicyclic) bond motifs is 1. The second-order valence-corrected chi connectivity index (χ2v) is 8.94. The number of guanidine groups is 1. The molecule has 29 heavy (non-hydrogen) atoms. The van der Waals surface area contributed by atoms with Crippen molar-refractivity contribution in [2.75, 3.05) is 13.1 Å². The van der Waals surface area contributed by atoms with Gasteiger partial charge in [0.25, 0.3) is 0 Å². The summed E-state index contributed by atoms with van der Waals surface area (Å²) >= 11 is 2.00. The van der Waals surface area contributed by atoms with Crippen molar-refractivity contribution in [1.82, 2.24) is 25.2 Å². The van der Waals surface area contributed by atoms with Gasteiger partial charge in [-0.3, -0.25) is 4.40 Å². The minimum atomic E-state index is 0.221. The fourth-order valence-corrected chi connectivity index (χ4v) is 5.24. The zero-order chi connectivity index (χ0) is 19.9. The van der Waals surface area contributed by atoms with Gasteiger partial charge in [-0.2, -0.15) is 0 Å². The molecule has 0 unspecified atom stereocenters. The molecule has 1 saturated carbocycles. The number of aliphatic imine (C=N–C) groups is 1. The number of hydrogen-bond donors (Lipinski definition) is 2. The summed E-state index contributed by atoms with van der Waals surface area (Å²) in [5, 5.41) is 15.5. The van der Waals surface area contributed by atoms with Crippen molar-refractivity contribution in [2.24, 2.45) is 4.99 Å². The molecule has 6 nitrogen and oxygen atoms in total. The Kier molecular flexibility index (Phi) is 6.34. The Bertz CT molecular complexity index is 946. The monoisotopic (exact) mass is 408 g/mol. The molecule has 0 spiro atoms. The number of rotatable bonds is 7. The van der Waals surface area contributed by atoms with Crippen LogP contribution in [0.3, 0.4) is 0 Å². The molecular weight excluding hydrogens is 380 g/mol. The zero-order valence-corrected chi connectivity index (χ0v) is 17.7. The molecule has 1 aromatic carbocycles. The highest BCUT2D eigenvalue weighted by Gasteiger charge is 2.35. The summed E-state index contributed by atoms with van der Waals surface area (Å²) in [6.07, 6.45) is 7.02. The number of nitrogens with zero attached hydrogens (tertiary/aromatic N) is 4. The number of thioether (sulfide) groups is 1. The molecule has 0 atom stereocenters. The lowest BCUT2D eigenvalue weighted by molar-refractivity contribution is 0.582. The van der Waals surface area contributed by atoms with Crippen molar-refractivity contribution in [2.45, 2.75) is 48.8 Å². The predicted molar refractivity (Wildman–Crippen MR) is 119 cm³/mol. The summed E-state index contributed by atoms with van der Waals surface area (Å²) in [5.74, 6) is 1.67. The van der Waals surface area contributed by atoms with Crippen LogP contribution in [-0.2, 0) is 6.54 Å². The second-order valence-electron chi connectivity index (χ2n) is 7.40. The van der Waals surface area contributed by atoms with Crippen molar-refractivity contribution in [1.29, 1.82) is 0 Å². The van der Waals surface area contributed by atoms with Gasteiger partial charge in [0.1, 0.15) is 6.54 Å². The summed E-state index contributed by atoms with van der Waals surface area (Å²) in [6, 6.07) is 16.6. The van der Waals surface area contributed by atoms with Crippen LogP contribution in [0.1, 0.15) is 38.4 Å². The first-order valence-corrected chi connectivity index (χ1v) is 11.1. The van der Waals surface area contributed by atoms with Gasteiger partial charge in [0.2, 0.25) is 0 Å². The van der Waals surface area contributed by atoms with Crippen LogP contribution in [0.4, 0.5) is 0 Å². The van der Waals surface area contributed by atoms with Gasteiger partial charge in [0.15, 0.2) is 17.4 Å². The maximum atomic E-state index is 4.77. The Morgan fingerprint density at radius 3 is 2.66 bits per heavy atom. The van der Waals surface area contributed by atoms with E-state index >= 15 is 0 Å². The summed E-state index contributed by atoms with van der Waals surface area (Å²) in [4.78, 5) is 6.11. The average molecular weight is 409 g/mol. The van der Waals surface area contributed by atoms with Gasteiger partial charge in [0.05, 0.1) is 0 Å². The molecule has 1 aliphatic rings. The molecule has 0 radical (unpaired) electrons. The lowest BCUT2D eigenvalue weighted by atomic mass is 10.1. The fourth-order valence-electron chi connectivity index (χ4n) is 3.81. The number of hydrogen-bond acceptors (Lipinski definition) is 4. The molecule has 4 rings (SSSR count). The van der Waals surface area contributed by atoms with E-state index < -0.39 is 0 Å². The van der Waals surface area contributed by atoms with Gasteiger partial charge in [-0.1, -0.05) is 37.1 Å². The predicted octanol–water partition coefficient (Wildman–Crippen LogP) is 3.89. The first kappa shape index (κ1) is 19.8. The van der Waals surface area contributed by atoms with Crippen LogP contribution < -0.4 is 10.6 Å². The lowest BCUT2D eigenvalue weighted by Crippen LogP contribution is -2.44. The molecule has 1 fully saturated rings. The largest absolute Gasteiger partial charge is 0.357 e. The van der Waals surface area contributed by atoms with E-state index in [-0.39, 0.29) is 4.75 Å². The van der Waals surface area contributed by atoms with E-state index in [2.05, 4.69) is 58.1 Å². The van der Waals surface area contributed by atoms with Gasteiger partial charge in [-0.25, -0.2) is 4.99 Å². The van der Waals surface area contributed by atoms with E-state index in [9.17, 15) is 0 Å². The van der Waals surface area contributed by atoms with E-state index in [1.807, 2.05) is 40.6 Å². The third kappa shape index (κ3) is 4.90. The molecule has 0 aliphatic heterocycles. The van der Waals surface area contributed by atoms with Gasteiger partial charge in [-0.15, -0.1) is 22.0 Å². The third-order valence-electron chi connectivity index (χ3n) is 5.28. The minimum Gasteiger partial charge on any atom is -0.357 e. The van der Waals surface area contributed by atoms with Crippen LogP contribution in [0.25, 0.3) is 5.65 Å². The fraction of sp³-hybridized carbons (Fsp3) is 0.409. The topological polar surface area (TPSA) is 66.6 Å². The molecule has 2 N–H and O–H groups in total. The normalized spacial score (nSPS) is 16.2. The van der Waals surface area contributed by atoms with Gasteiger partial charge < -0.3 is 10.6 Å². The van der Waals surface area contributed by atoms with E-state index in [0.29, 0.717) is 6.54 Å². The summed E-state index contributed by atoms with van der Waals surface area (Å²) in [5.41, 5.74) is 0.847. The average Bonchev–Trinajstić information content (AvgIpc) is 3.38. The second kappa shape index (κ2) is 9.31. The van der Waals surface area contributed by atoms with Crippen molar-refractivity contribution in [3.05, 3.63) is 60.6 Å². The lowest BCUT2D eigenvalue weighted by Gasteiger charge is -2.29. The maximum Gasteiger partial charge on any atom is 0.191 e. The standard InChI is InChI=1S/C22H28N6S/c1-2-23-21(24-16-20-27-26-19-12-6-9-15-28(19)20)25-17-22(13-7-8-14-22)29-18-10-4-3-5-11-18/h3-6,9-12,15H,2,7-8,13-14,16-17H2,1H3,(H2,23,24,25).